The lowest BCUT2D eigenvalue weighted by atomic mass is 9.94. The van der Waals surface area contributed by atoms with Crippen molar-refractivity contribution in [3.8, 4) is 5.82 Å². The van der Waals surface area contributed by atoms with E-state index < -0.39 is 0 Å². The molecule has 0 aliphatic carbocycles. The standard InChI is InChI=1S/C16H21N5/c1-12-17-6-9-21(12)16-3-2-14(10-18-16)19-15-5-8-20-7-4-13(15)11-20/h2-3,6,9-10,13,15,19H,4-5,7-8,11H2,1H3. The Balaban J connectivity index is 1.48. The minimum Gasteiger partial charge on any atom is -0.381 e. The van der Waals surface area contributed by atoms with Crippen molar-refractivity contribution in [3.05, 3.63) is 36.5 Å². The highest BCUT2D eigenvalue weighted by atomic mass is 15.2. The number of hydrogen-bond acceptors (Lipinski definition) is 4. The third kappa shape index (κ3) is 2.42. The summed E-state index contributed by atoms with van der Waals surface area (Å²) in [4.78, 5) is 11.4. The zero-order valence-electron chi connectivity index (χ0n) is 12.4. The minimum absolute atomic E-state index is 0.603. The summed E-state index contributed by atoms with van der Waals surface area (Å²) in [5.41, 5.74) is 1.13. The van der Waals surface area contributed by atoms with Crippen LogP contribution in [0, 0.1) is 12.8 Å². The summed E-state index contributed by atoms with van der Waals surface area (Å²) in [5, 5.41) is 3.68. The van der Waals surface area contributed by atoms with Crippen molar-refractivity contribution in [2.45, 2.75) is 25.8 Å². The number of nitrogens with one attached hydrogen (secondary N) is 1. The first-order valence-corrected chi connectivity index (χ1v) is 7.75. The molecule has 0 aromatic carbocycles. The highest BCUT2D eigenvalue weighted by Crippen LogP contribution is 2.29. The van der Waals surface area contributed by atoms with Crippen LogP contribution >= 0.6 is 0 Å². The van der Waals surface area contributed by atoms with Crippen molar-refractivity contribution >= 4 is 5.69 Å². The van der Waals surface area contributed by atoms with Gasteiger partial charge in [-0.05, 0) is 44.4 Å². The van der Waals surface area contributed by atoms with Crippen LogP contribution < -0.4 is 5.32 Å². The predicted molar refractivity (Wildman–Crippen MR) is 82.7 cm³/mol. The number of piperidine rings is 1. The highest BCUT2D eigenvalue weighted by molar-refractivity contribution is 5.45. The number of hydrogen-bond donors (Lipinski definition) is 1. The smallest absolute Gasteiger partial charge is 0.138 e. The molecule has 2 saturated heterocycles. The molecule has 0 spiro atoms. The van der Waals surface area contributed by atoms with E-state index in [4.69, 9.17) is 0 Å². The zero-order valence-corrected chi connectivity index (χ0v) is 12.4. The van der Waals surface area contributed by atoms with Crippen LogP contribution in [0.4, 0.5) is 5.69 Å². The quantitative estimate of drug-likeness (QED) is 0.937. The molecular formula is C16H21N5. The van der Waals surface area contributed by atoms with Gasteiger partial charge in [-0.15, -0.1) is 0 Å². The van der Waals surface area contributed by atoms with Crippen molar-refractivity contribution in [2.75, 3.05) is 25.0 Å². The maximum absolute atomic E-state index is 4.56. The Morgan fingerprint density at radius 1 is 1.19 bits per heavy atom. The second-order valence-electron chi connectivity index (χ2n) is 6.14. The van der Waals surface area contributed by atoms with E-state index in [1.807, 2.05) is 23.9 Å². The monoisotopic (exact) mass is 283 g/mol. The predicted octanol–water partition coefficient (Wildman–Crippen LogP) is 2.08. The SMILES string of the molecule is Cc1nccn1-c1ccc(NC2CCN3CCC2C3)cn1. The van der Waals surface area contributed by atoms with Gasteiger partial charge in [0.25, 0.3) is 0 Å². The maximum atomic E-state index is 4.56. The normalized spacial score (nSPS) is 27.8. The van der Waals surface area contributed by atoms with Crippen molar-refractivity contribution in [3.63, 3.8) is 0 Å². The van der Waals surface area contributed by atoms with Gasteiger partial charge in [0, 0.05) is 31.5 Å². The molecule has 1 N–H and O–H groups in total. The second-order valence-corrected chi connectivity index (χ2v) is 6.14. The number of aromatic nitrogens is 3. The van der Waals surface area contributed by atoms with E-state index in [0.717, 1.165) is 23.2 Å². The van der Waals surface area contributed by atoms with Crippen LogP contribution in [0.25, 0.3) is 5.82 Å². The first-order valence-electron chi connectivity index (χ1n) is 7.75. The number of rotatable bonds is 3. The van der Waals surface area contributed by atoms with Gasteiger partial charge in [-0.3, -0.25) is 4.57 Å². The van der Waals surface area contributed by atoms with Crippen LogP contribution in [0.3, 0.4) is 0 Å². The number of pyridine rings is 1. The van der Waals surface area contributed by atoms with Gasteiger partial charge in [0.15, 0.2) is 0 Å². The molecule has 0 saturated carbocycles. The molecule has 2 bridgehead atoms. The van der Waals surface area contributed by atoms with E-state index in [9.17, 15) is 0 Å². The lowest BCUT2D eigenvalue weighted by Crippen LogP contribution is -2.39. The largest absolute Gasteiger partial charge is 0.381 e. The lowest BCUT2D eigenvalue weighted by molar-refractivity contribution is 0.255. The van der Waals surface area contributed by atoms with Crippen LogP contribution in [-0.4, -0.2) is 45.1 Å². The molecule has 4 rings (SSSR count). The fraction of sp³-hybridized carbons (Fsp3) is 0.500. The highest BCUT2D eigenvalue weighted by Gasteiger charge is 2.34. The van der Waals surface area contributed by atoms with Crippen LogP contribution in [-0.2, 0) is 0 Å². The van der Waals surface area contributed by atoms with E-state index in [2.05, 4.69) is 32.3 Å². The number of anilines is 1. The van der Waals surface area contributed by atoms with Crippen molar-refractivity contribution in [1.82, 2.24) is 19.4 Å². The lowest BCUT2D eigenvalue weighted by Gasteiger charge is -2.31. The molecule has 2 aromatic rings. The molecule has 2 aromatic heterocycles. The molecule has 110 valence electrons. The minimum atomic E-state index is 0.603. The molecule has 5 heteroatoms. The molecule has 2 fully saturated rings. The van der Waals surface area contributed by atoms with Crippen molar-refractivity contribution in [2.24, 2.45) is 5.92 Å². The summed E-state index contributed by atoms with van der Waals surface area (Å²) < 4.78 is 2.00. The van der Waals surface area contributed by atoms with Crippen LogP contribution in [0.5, 0.6) is 0 Å². The molecule has 0 amide bonds. The van der Waals surface area contributed by atoms with Crippen LogP contribution in [0.2, 0.25) is 0 Å². The number of nitrogens with zero attached hydrogens (tertiary/aromatic N) is 4. The van der Waals surface area contributed by atoms with Gasteiger partial charge in [0.05, 0.1) is 11.9 Å². The summed E-state index contributed by atoms with van der Waals surface area (Å²) in [6, 6.07) is 4.79. The van der Waals surface area contributed by atoms with E-state index in [-0.39, 0.29) is 0 Å². The Morgan fingerprint density at radius 3 is 2.86 bits per heavy atom. The van der Waals surface area contributed by atoms with Gasteiger partial charge < -0.3 is 10.2 Å². The van der Waals surface area contributed by atoms with E-state index in [1.165, 1.54) is 32.5 Å². The molecular weight excluding hydrogens is 262 g/mol. The molecule has 3 atom stereocenters. The summed E-state index contributed by atoms with van der Waals surface area (Å²) in [7, 11) is 0. The van der Waals surface area contributed by atoms with Gasteiger partial charge in [-0.25, -0.2) is 9.97 Å². The molecule has 0 radical (unpaired) electrons. The van der Waals surface area contributed by atoms with E-state index >= 15 is 0 Å². The topological polar surface area (TPSA) is 46.0 Å². The third-order valence-electron chi connectivity index (χ3n) is 4.81. The Hall–Kier alpha value is -1.88. The summed E-state index contributed by atoms with van der Waals surface area (Å²) in [6.45, 7) is 5.76. The number of aryl methyl sites for hydroxylation is 1. The van der Waals surface area contributed by atoms with Gasteiger partial charge in [-0.1, -0.05) is 0 Å². The average Bonchev–Trinajstić information content (AvgIpc) is 3.10. The molecule has 3 unspecified atom stereocenters. The van der Waals surface area contributed by atoms with Gasteiger partial charge in [-0.2, -0.15) is 0 Å². The molecule has 2 aliphatic rings. The second kappa shape index (κ2) is 5.15. The Bertz CT molecular complexity index is 618. The Morgan fingerprint density at radius 2 is 2.10 bits per heavy atom. The fourth-order valence-corrected chi connectivity index (χ4v) is 3.59. The average molecular weight is 283 g/mol. The van der Waals surface area contributed by atoms with Crippen LogP contribution in [0.15, 0.2) is 30.7 Å². The van der Waals surface area contributed by atoms with E-state index in [1.54, 1.807) is 6.20 Å². The summed E-state index contributed by atoms with van der Waals surface area (Å²) >= 11 is 0. The first-order chi connectivity index (χ1) is 10.3. The van der Waals surface area contributed by atoms with Gasteiger partial charge >= 0.3 is 0 Å². The van der Waals surface area contributed by atoms with Gasteiger partial charge in [0.2, 0.25) is 0 Å². The molecule has 21 heavy (non-hydrogen) atoms. The van der Waals surface area contributed by atoms with Crippen molar-refractivity contribution in [1.29, 1.82) is 0 Å². The zero-order chi connectivity index (χ0) is 14.2. The van der Waals surface area contributed by atoms with Crippen molar-refractivity contribution < 1.29 is 0 Å². The van der Waals surface area contributed by atoms with Gasteiger partial charge in [0.1, 0.15) is 11.6 Å². The molecule has 2 aliphatic heterocycles. The number of imidazole rings is 1. The Labute approximate surface area is 125 Å². The first kappa shape index (κ1) is 12.8. The summed E-state index contributed by atoms with van der Waals surface area (Å²) in [6.07, 6.45) is 8.26. The maximum Gasteiger partial charge on any atom is 0.138 e. The summed E-state index contributed by atoms with van der Waals surface area (Å²) in [5.74, 6) is 2.68. The molecule has 5 nitrogen and oxygen atoms in total. The molecule has 4 heterocycles. The fourth-order valence-electron chi connectivity index (χ4n) is 3.59. The van der Waals surface area contributed by atoms with E-state index in [0.29, 0.717) is 6.04 Å². The Kier molecular flexibility index (Phi) is 3.15. The number of fused-ring (bicyclic) bond motifs is 2. The van der Waals surface area contributed by atoms with Crippen LogP contribution in [0.1, 0.15) is 18.7 Å². The third-order valence-corrected chi connectivity index (χ3v) is 4.81.